The Hall–Kier alpha value is -3.07. The van der Waals surface area contributed by atoms with Crippen LogP contribution in [0.3, 0.4) is 0 Å². The van der Waals surface area contributed by atoms with Gasteiger partial charge in [0.1, 0.15) is 5.60 Å². The van der Waals surface area contributed by atoms with E-state index in [9.17, 15) is 22.4 Å². The van der Waals surface area contributed by atoms with Crippen molar-refractivity contribution in [1.29, 1.82) is 0 Å². The number of rotatable bonds is 18. The van der Waals surface area contributed by atoms with Gasteiger partial charge in [-0.15, -0.1) is 11.3 Å². The third kappa shape index (κ3) is 15.9. The predicted molar refractivity (Wildman–Crippen MR) is 205 cm³/mol. The zero-order valence-electron chi connectivity index (χ0n) is 32.3. The maximum absolute atomic E-state index is 14.8. The van der Waals surface area contributed by atoms with E-state index in [-0.39, 0.29) is 35.3 Å². The number of anilines is 1. The standard InChI is InChI=1S/C36H56FN3O9S2Si/c1-35(2,3)49-34(42)40(22-11-12-24-48-52(9,10)36(4,5)6)33-38-31(32(41)46-8)30(50-33)17-14-23-47-29-19-18-27(26-28(29)37)16-13-20-39(7)21-15-25-51(43,44)45/h18-19,26H,11-12,14-15,17,20-25H2,1-10H3,(H,43,44,45). The molecule has 0 atom stereocenters. The fourth-order valence-electron chi connectivity index (χ4n) is 4.36. The van der Waals surface area contributed by atoms with Crippen molar-refractivity contribution in [3.8, 4) is 17.6 Å². The maximum atomic E-state index is 14.8. The lowest BCUT2D eigenvalue weighted by molar-refractivity contribution is 0.0569. The normalized spacial score (nSPS) is 12.3. The fraction of sp³-hybridized carbons (Fsp3) is 0.639. The molecule has 0 aliphatic heterocycles. The number of aryl methyl sites for hydroxylation is 1. The van der Waals surface area contributed by atoms with E-state index in [1.54, 1.807) is 38.8 Å². The highest BCUT2D eigenvalue weighted by atomic mass is 32.2. The van der Waals surface area contributed by atoms with Gasteiger partial charge in [-0.05, 0) is 103 Å². The second kappa shape index (κ2) is 19.8. The van der Waals surface area contributed by atoms with Gasteiger partial charge in [-0.1, -0.05) is 32.6 Å². The molecule has 1 heterocycles. The van der Waals surface area contributed by atoms with E-state index < -0.39 is 41.9 Å². The van der Waals surface area contributed by atoms with E-state index >= 15 is 0 Å². The van der Waals surface area contributed by atoms with Gasteiger partial charge in [0.15, 0.2) is 30.7 Å². The summed E-state index contributed by atoms with van der Waals surface area (Å²) in [5, 5.41) is 0.415. The van der Waals surface area contributed by atoms with Gasteiger partial charge in [-0.25, -0.2) is 19.0 Å². The molecular weight excluding hydrogens is 730 g/mol. The van der Waals surface area contributed by atoms with Gasteiger partial charge in [0, 0.05) is 23.6 Å². The number of carbonyl (C=O) groups excluding carboxylic acids is 2. The number of aromatic nitrogens is 1. The Morgan fingerprint density at radius 2 is 1.73 bits per heavy atom. The second-order valence-corrected chi connectivity index (χ2v) is 22.4. The van der Waals surface area contributed by atoms with Crippen molar-refractivity contribution in [2.45, 2.75) is 97.4 Å². The summed E-state index contributed by atoms with van der Waals surface area (Å²) in [6.07, 6.45) is 1.86. The third-order valence-corrected chi connectivity index (χ3v) is 14.7. The summed E-state index contributed by atoms with van der Waals surface area (Å²) in [7, 11) is -2.87. The van der Waals surface area contributed by atoms with Crippen LogP contribution in [0.2, 0.25) is 18.1 Å². The second-order valence-electron chi connectivity index (χ2n) is 15.0. The van der Waals surface area contributed by atoms with Gasteiger partial charge < -0.3 is 18.6 Å². The quantitative estimate of drug-likeness (QED) is 0.0539. The summed E-state index contributed by atoms with van der Waals surface area (Å²) in [5.41, 5.74) is -0.181. The summed E-state index contributed by atoms with van der Waals surface area (Å²) in [6, 6.07) is 4.41. The third-order valence-electron chi connectivity index (χ3n) is 8.22. The van der Waals surface area contributed by atoms with E-state index in [1.165, 1.54) is 35.5 Å². The molecule has 292 valence electrons. The number of benzene rings is 1. The van der Waals surface area contributed by atoms with E-state index in [0.29, 0.717) is 61.1 Å². The first-order valence-electron chi connectivity index (χ1n) is 17.3. The molecule has 0 unspecified atom stereocenters. The highest BCUT2D eigenvalue weighted by Crippen LogP contribution is 2.36. The number of ether oxygens (including phenoxy) is 3. The van der Waals surface area contributed by atoms with Crippen LogP contribution in [0.4, 0.5) is 14.3 Å². The molecule has 0 bridgehead atoms. The average Bonchev–Trinajstić information content (AvgIpc) is 3.43. The molecule has 1 aromatic heterocycles. The lowest BCUT2D eigenvalue weighted by atomic mass is 10.2. The van der Waals surface area contributed by atoms with Gasteiger partial charge >= 0.3 is 12.1 Å². The van der Waals surface area contributed by atoms with Crippen molar-refractivity contribution in [3.63, 3.8) is 0 Å². The van der Waals surface area contributed by atoms with Crippen LogP contribution in [-0.4, -0.2) is 102 Å². The summed E-state index contributed by atoms with van der Waals surface area (Å²) in [4.78, 5) is 34.4. The molecule has 0 radical (unpaired) electrons. The van der Waals surface area contributed by atoms with Gasteiger partial charge in [0.05, 0.1) is 26.0 Å². The first kappa shape index (κ1) is 45.1. The Labute approximate surface area is 314 Å². The SMILES string of the molecule is COC(=O)c1nc(N(CCCCO[Si](C)(C)C(C)(C)C)C(=O)OC(C)(C)C)sc1CCCOc1ccc(C#CCN(C)CCCS(=O)(=O)O)cc1F. The lowest BCUT2D eigenvalue weighted by Gasteiger charge is -2.36. The highest BCUT2D eigenvalue weighted by molar-refractivity contribution is 7.85. The Morgan fingerprint density at radius 3 is 2.33 bits per heavy atom. The van der Waals surface area contributed by atoms with Crippen molar-refractivity contribution < 1.29 is 45.6 Å². The van der Waals surface area contributed by atoms with Crippen molar-refractivity contribution in [1.82, 2.24) is 9.88 Å². The van der Waals surface area contributed by atoms with E-state index in [2.05, 4.69) is 50.7 Å². The molecule has 0 spiro atoms. The molecule has 12 nitrogen and oxygen atoms in total. The van der Waals surface area contributed by atoms with Gasteiger partial charge in [0.25, 0.3) is 10.1 Å². The molecule has 0 aliphatic rings. The molecular formula is C36H56FN3O9S2Si. The van der Waals surface area contributed by atoms with E-state index in [1.807, 2.05) is 0 Å². The molecule has 1 N–H and O–H groups in total. The smallest absolute Gasteiger partial charge is 0.416 e. The van der Waals surface area contributed by atoms with Crippen LogP contribution in [-0.2, 0) is 30.4 Å². The van der Waals surface area contributed by atoms with Crippen LogP contribution in [0, 0.1) is 17.7 Å². The molecule has 1 aromatic carbocycles. The first-order valence-corrected chi connectivity index (χ1v) is 22.6. The van der Waals surface area contributed by atoms with Crippen molar-refractivity contribution in [2.75, 3.05) is 57.7 Å². The number of unbranched alkanes of at least 4 members (excludes halogenated alkanes) is 1. The molecule has 0 aliphatic carbocycles. The summed E-state index contributed by atoms with van der Waals surface area (Å²) in [6.45, 7) is 18.1. The molecule has 0 saturated heterocycles. The average molecular weight is 786 g/mol. The summed E-state index contributed by atoms with van der Waals surface area (Å²) in [5.74, 6) is 4.32. The first-order chi connectivity index (χ1) is 24.0. The number of amides is 1. The number of methoxy groups -OCH3 is 1. The van der Waals surface area contributed by atoms with Gasteiger partial charge in [0.2, 0.25) is 0 Å². The predicted octanol–water partition coefficient (Wildman–Crippen LogP) is 7.19. The molecule has 2 aromatic rings. The summed E-state index contributed by atoms with van der Waals surface area (Å²) >= 11 is 1.21. The largest absolute Gasteiger partial charge is 0.491 e. The molecule has 0 fully saturated rings. The Bertz CT molecular complexity index is 1660. The number of nitrogens with zero attached hydrogens (tertiary/aromatic N) is 3. The van der Waals surface area contributed by atoms with Crippen molar-refractivity contribution in [3.05, 3.63) is 40.2 Å². The molecule has 2 rings (SSSR count). The number of esters is 1. The van der Waals surface area contributed by atoms with Crippen molar-refractivity contribution in [2.24, 2.45) is 0 Å². The van der Waals surface area contributed by atoms with Crippen LogP contribution in [0.15, 0.2) is 18.2 Å². The van der Waals surface area contributed by atoms with E-state index in [4.69, 9.17) is 23.2 Å². The Kier molecular flexibility index (Phi) is 17.2. The van der Waals surface area contributed by atoms with Crippen LogP contribution in [0.5, 0.6) is 5.75 Å². The topological polar surface area (TPSA) is 145 Å². The summed E-state index contributed by atoms with van der Waals surface area (Å²) < 4.78 is 68.0. The monoisotopic (exact) mass is 785 g/mol. The number of hydrogen-bond donors (Lipinski definition) is 1. The zero-order valence-corrected chi connectivity index (χ0v) is 34.9. The minimum Gasteiger partial charge on any atom is -0.491 e. The maximum Gasteiger partial charge on any atom is 0.416 e. The van der Waals surface area contributed by atoms with Crippen LogP contribution in [0.25, 0.3) is 0 Å². The lowest BCUT2D eigenvalue weighted by Crippen LogP contribution is -2.41. The number of halogens is 1. The Balaban J connectivity index is 2.06. The number of hydrogen-bond acceptors (Lipinski definition) is 11. The Morgan fingerprint density at radius 1 is 1.04 bits per heavy atom. The number of carbonyl (C=O) groups is 2. The number of thiazole rings is 1. The molecule has 1 amide bonds. The zero-order chi connectivity index (χ0) is 39.3. The van der Waals surface area contributed by atoms with E-state index in [0.717, 1.165) is 6.42 Å². The molecule has 52 heavy (non-hydrogen) atoms. The van der Waals surface area contributed by atoms with Gasteiger partial charge in [-0.3, -0.25) is 14.4 Å². The molecule has 0 saturated carbocycles. The van der Waals surface area contributed by atoms with Gasteiger partial charge in [-0.2, -0.15) is 8.42 Å². The minimum atomic E-state index is -4.00. The van der Waals surface area contributed by atoms with Crippen LogP contribution >= 0.6 is 11.3 Å². The highest BCUT2D eigenvalue weighted by Gasteiger charge is 2.37. The minimum absolute atomic E-state index is 0.0553. The van der Waals surface area contributed by atoms with Crippen molar-refractivity contribution >= 4 is 47.0 Å². The fourth-order valence-corrected chi connectivity index (χ4v) is 7.05. The molecule has 16 heteroatoms. The van der Waals surface area contributed by atoms with Crippen LogP contribution < -0.4 is 9.64 Å². The van der Waals surface area contributed by atoms with Crippen LogP contribution in [0.1, 0.15) is 88.2 Å².